The Labute approximate surface area is 164 Å². The average Bonchev–Trinajstić information content (AvgIpc) is 3.27. The van der Waals surface area contributed by atoms with E-state index >= 15 is 0 Å². The molecule has 1 aromatic heterocycles. The molecule has 0 aliphatic heterocycles. The van der Waals surface area contributed by atoms with Gasteiger partial charge in [0.15, 0.2) is 0 Å². The number of amides is 2. The third-order valence-corrected chi connectivity index (χ3v) is 4.11. The highest BCUT2D eigenvalue weighted by atomic mass is 16.5. The molecular weight excluding hydrogens is 354 g/mol. The molecule has 28 heavy (non-hydrogen) atoms. The molecule has 6 heteroatoms. The Bertz CT molecular complexity index is 875. The summed E-state index contributed by atoms with van der Waals surface area (Å²) in [5.74, 6) is 0.465. The van der Waals surface area contributed by atoms with Gasteiger partial charge in [0.25, 0.3) is 5.91 Å². The van der Waals surface area contributed by atoms with Gasteiger partial charge in [0.05, 0.1) is 13.0 Å². The maximum absolute atomic E-state index is 12.2. The van der Waals surface area contributed by atoms with Gasteiger partial charge in [-0.1, -0.05) is 18.2 Å². The minimum Gasteiger partial charge on any atom is -0.493 e. The van der Waals surface area contributed by atoms with Crippen LogP contribution in [-0.2, 0) is 4.79 Å². The van der Waals surface area contributed by atoms with Gasteiger partial charge in [-0.15, -0.1) is 0 Å². The van der Waals surface area contributed by atoms with Crippen LogP contribution in [0.3, 0.4) is 0 Å². The van der Waals surface area contributed by atoms with Crippen molar-refractivity contribution in [2.75, 3.05) is 19.7 Å². The van der Waals surface area contributed by atoms with Crippen LogP contribution in [0.5, 0.6) is 5.75 Å². The third-order valence-electron chi connectivity index (χ3n) is 4.11. The van der Waals surface area contributed by atoms with Crippen LogP contribution in [0.2, 0.25) is 0 Å². The summed E-state index contributed by atoms with van der Waals surface area (Å²) in [6, 6.07) is 20.6. The lowest BCUT2D eigenvalue weighted by molar-refractivity contribution is -0.121. The minimum absolute atomic E-state index is 0.110. The van der Waals surface area contributed by atoms with Crippen molar-refractivity contribution in [3.63, 3.8) is 0 Å². The second-order valence-corrected chi connectivity index (χ2v) is 6.15. The normalized spacial score (nSPS) is 10.3. The summed E-state index contributed by atoms with van der Waals surface area (Å²) in [4.78, 5) is 24.0. The number of carbonyl (C=O) groups is 2. The highest BCUT2D eigenvalue weighted by Crippen LogP contribution is 2.10. The number of rotatable bonds is 9. The molecule has 2 N–H and O–H groups in total. The number of aromatic nitrogens is 1. The zero-order valence-electron chi connectivity index (χ0n) is 15.5. The molecule has 0 saturated carbocycles. The summed E-state index contributed by atoms with van der Waals surface area (Å²) >= 11 is 0. The largest absolute Gasteiger partial charge is 0.493 e. The van der Waals surface area contributed by atoms with Crippen LogP contribution in [0.25, 0.3) is 5.69 Å². The van der Waals surface area contributed by atoms with Gasteiger partial charge in [0.2, 0.25) is 5.91 Å². The fourth-order valence-electron chi connectivity index (χ4n) is 2.64. The zero-order chi connectivity index (χ0) is 19.6. The second-order valence-electron chi connectivity index (χ2n) is 6.15. The molecule has 0 aliphatic carbocycles. The van der Waals surface area contributed by atoms with Crippen LogP contribution in [0.15, 0.2) is 79.1 Å². The lowest BCUT2D eigenvalue weighted by atomic mass is 10.2. The van der Waals surface area contributed by atoms with Crippen molar-refractivity contribution >= 4 is 11.8 Å². The first-order valence-electron chi connectivity index (χ1n) is 9.18. The summed E-state index contributed by atoms with van der Waals surface area (Å²) in [6.07, 6.45) is 4.16. The van der Waals surface area contributed by atoms with Crippen molar-refractivity contribution in [1.82, 2.24) is 15.2 Å². The zero-order valence-corrected chi connectivity index (χ0v) is 15.5. The highest BCUT2D eigenvalue weighted by molar-refractivity contribution is 5.94. The molecule has 0 saturated heterocycles. The molecular formula is C22H23N3O3. The third kappa shape index (κ3) is 5.74. The number of nitrogens with zero attached hydrogens (tertiary/aromatic N) is 1. The summed E-state index contributed by atoms with van der Waals surface area (Å²) < 4.78 is 7.45. The van der Waals surface area contributed by atoms with Crippen LogP contribution in [0.4, 0.5) is 0 Å². The van der Waals surface area contributed by atoms with E-state index in [1.54, 1.807) is 12.1 Å². The van der Waals surface area contributed by atoms with Crippen molar-refractivity contribution in [3.8, 4) is 11.4 Å². The van der Waals surface area contributed by atoms with Gasteiger partial charge in [-0.05, 0) is 48.5 Å². The predicted molar refractivity (Wildman–Crippen MR) is 108 cm³/mol. The fourth-order valence-corrected chi connectivity index (χ4v) is 2.64. The first-order chi connectivity index (χ1) is 13.7. The van der Waals surface area contributed by atoms with Gasteiger partial charge in [-0.25, -0.2) is 0 Å². The van der Waals surface area contributed by atoms with E-state index in [9.17, 15) is 9.59 Å². The maximum Gasteiger partial charge on any atom is 0.251 e. The van der Waals surface area contributed by atoms with Crippen molar-refractivity contribution in [3.05, 3.63) is 84.7 Å². The van der Waals surface area contributed by atoms with E-state index in [-0.39, 0.29) is 18.2 Å². The molecule has 144 valence electrons. The van der Waals surface area contributed by atoms with Crippen LogP contribution < -0.4 is 15.4 Å². The lowest BCUT2D eigenvalue weighted by Crippen LogP contribution is -2.35. The molecule has 0 fully saturated rings. The molecule has 0 aliphatic rings. The highest BCUT2D eigenvalue weighted by Gasteiger charge is 2.06. The first-order valence-corrected chi connectivity index (χ1v) is 9.18. The van der Waals surface area contributed by atoms with Crippen molar-refractivity contribution in [2.45, 2.75) is 6.42 Å². The van der Waals surface area contributed by atoms with Gasteiger partial charge >= 0.3 is 0 Å². The number of nitrogens with one attached hydrogen (secondary N) is 2. The quantitative estimate of drug-likeness (QED) is 0.563. The molecule has 0 bridgehead atoms. The topological polar surface area (TPSA) is 72.4 Å². The Morgan fingerprint density at radius 1 is 0.821 bits per heavy atom. The van der Waals surface area contributed by atoms with Crippen LogP contribution in [-0.4, -0.2) is 36.1 Å². The maximum atomic E-state index is 12.2. The van der Waals surface area contributed by atoms with Gasteiger partial charge in [-0.2, -0.15) is 0 Å². The molecule has 0 radical (unpaired) electrons. The van der Waals surface area contributed by atoms with E-state index in [1.807, 2.05) is 71.6 Å². The standard InChI is InChI=1S/C22H23N3O3/c26-21(12-17-28-20-6-2-1-3-7-20)23-13-14-24-22(27)18-8-10-19(11-9-18)25-15-4-5-16-25/h1-11,15-16H,12-14,17H2,(H,23,26)(H,24,27). The van der Waals surface area contributed by atoms with E-state index in [4.69, 9.17) is 4.74 Å². The summed E-state index contributed by atoms with van der Waals surface area (Å²) in [5, 5.41) is 5.57. The van der Waals surface area contributed by atoms with E-state index in [1.165, 1.54) is 0 Å². The fraction of sp³-hybridized carbons (Fsp3) is 0.182. The number of carbonyl (C=O) groups excluding carboxylic acids is 2. The van der Waals surface area contributed by atoms with Crippen molar-refractivity contribution in [2.24, 2.45) is 0 Å². The Morgan fingerprint density at radius 2 is 1.50 bits per heavy atom. The van der Waals surface area contributed by atoms with Crippen molar-refractivity contribution in [1.29, 1.82) is 0 Å². The summed E-state index contributed by atoms with van der Waals surface area (Å²) in [6.45, 7) is 1.05. The molecule has 3 rings (SSSR count). The van der Waals surface area contributed by atoms with E-state index < -0.39 is 0 Å². The molecule has 2 aromatic carbocycles. The number of ether oxygens (including phenoxy) is 1. The molecule has 0 atom stereocenters. The van der Waals surface area contributed by atoms with Gasteiger partial charge in [0.1, 0.15) is 5.75 Å². The number of benzene rings is 2. The molecule has 0 spiro atoms. The SMILES string of the molecule is O=C(CCOc1ccccc1)NCCNC(=O)c1ccc(-n2cccc2)cc1. The number of hydrogen-bond acceptors (Lipinski definition) is 3. The van der Waals surface area contributed by atoms with E-state index in [0.29, 0.717) is 25.3 Å². The summed E-state index contributed by atoms with van der Waals surface area (Å²) in [5.41, 5.74) is 1.57. The molecule has 3 aromatic rings. The molecule has 6 nitrogen and oxygen atoms in total. The molecule has 1 heterocycles. The summed E-state index contributed by atoms with van der Waals surface area (Å²) in [7, 11) is 0. The predicted octanol–water partition coefficient (Wildman–Crippen LogP) is 2.79. The Kier molecular flexibility index (Phi) is 6.84. The Morgan fingerprint density at radius 3 is 2.21 bits per heavy atom. The lowest BCUT2D eigenvalue weighted by Gasteiger charge is -2.09. The Balaban J connectivity index is 1.32. The first kappa shape index (κ1) is 19.2. The van der Waals surface area contributed by atoms with Crippen LogP contribution in [0, 0.1) is 0 Å². The Hall–Kier alpha value is -3.54. The number of para-hydroxylation sites is 1. The van der Waals surface area contributed by atoms with Crippen molar-refractivity contribution < 1.29 is 14.3 Å². The van der Waals surface area contributed by atoms with E-state index in [2.05, 4.69) is 10.6 Å². The van der Waals surface area contributed by atoms with Crippen LogP contribution in [0.1, 0.15) is 16.8 Å². The number of hydrogen-bond donors (Lipinski definition) is 2. The molecule has 2 amide bonds. The van der Waals surface area contributed by atoms with Gasteiger partial charge in [-0.3, -0.25) is 9.59 Å². The van der Waals surface area contributed by atoms with Crippen LogP contribution >= 0.6 is 0 Å². The molecule has 0 unspecified atom stereocenters. The van der Waals surface area contributed by atoms with Gasteiger partial charge in [0, 0.05) is 36.7 Å². The van der Waals surface area contributed by atoms with E-state index in [0.717, 1.165) is 11.4 Å². The van der Waals surface area contributed by atoms with Gasteiger partial charge < -0.3 is 19.9 Å². The average molecular weight is 377 g/mol. The second kappa shape index (κ2) is 9.97. The monoisotopic (exact) mass is 377 g/mol. The smallest absolute Gasteiger partial charge is 0.251 e. The minimum atomic E-state index is -0.166.